The van der Waals surface area contributed by atoms with E-state index in [1.54, 1.807) is 0 Å². The molecule has 0 atom stereocenters. The van der Waals surface area contributed by atoms with Gasteiger partial charge in [0.1, 0.15) is 11.5 Å². The zero-order valence-corrected chi connectivity index (χ0v) is 18.7. The molecule has 0 amide bonds. The van der Waals surface area contributed by atoms with Gasteiger partial charge in [0, 0.05) is 38.9 Å². The van der Waals surface area contributed by atoms with Gasteiger partial charge in [-0.05, 0) is 30.0 Å². The van der Waals surface area contributed by atoms with Crippen molar-refractivity contribution < 1.29 is 19.1 Å². The molecule has 0 saturated carbocycles. The molecule has 29 heavy (non-hydrogen) atoms. The largest absolute Gasteiger partial charge is 0.425 e. The highest BCUT2D eigenvalue weighted by molar-refractivity contribution is 9.10. The lowest BCUT2D eigenvalue weighted by Crippen LogP contribution is -2.13. The molecule has 3 aromatic carbocycles. The average molecular weight is 457 g/mol. The van der Waals surface area contributed by atoms with E-state index in [1.807, 2.05) is 70.2 Å². The Balaban J connectivity index is 2.23. The number of fused-ring (bicyclic) bond motifs is 2. The van der Waals surface area contributed by atoms with Crippen molar-refractivity contribution in [1.29, 1.82) is 0 Å². The van der Waals surface area contributed by atoms with E-state index in [-0.39, 0.29) is 23.8 Å². The summed E-state index contributed by atoms with van der Waals surface area (Å²) < 4.78 is 12.5. The molecule has 0 aliphatic carbocycles. The van der Waals surface area contributed by atoms with Crippen molar-refractivity contribution in [3.63, 3.8) is 0 Å². The van der Waals surface area contributed by atoms with Gasteiger partial charge in [0.15, 0.2) is 0 Å². The lowest BCUT2D eigenvalue weighted by molar-refractivity contribution is -0.136. The highest BCUT2D eigenvalue weighted by Gasteiger charge is 2.21. The summed E-state index contributed by atoms with van der Waals surface area (Å²) in [6, 6.07) is 13.2. The standard InChI is InChI=1S/C24H25BrO4/c1-14(2)11-21(26)28-23-17-7-5-6-8-18(17)24(29-22(27)12-15(3)4)20-13-16(25)9-10-19(20)23/h5-10,13-15H,11-12H2,1-4H3. The van der Waals surface area contributed by atoms with Crippen LogP contribution < -0.4 is 9.47 Å². The Labute approximate surface area is 179 Å². The lowest BCUT2D eigenvalue weighted by atomic mass is 10.0. The van der Waals surface area contributed by atoms with Crippen LogP contribution in [0, 0.1) is 11.8 Å². The van der Waals surface area contributed by atoms with Gasteiger partial charge in [0.2, 0.25) is 0 Å². The Hall–Kier alpha value is -2.40. The van der Waals surface area contributed by atoms with Crippen LogP contribution in [0.3, 0.4) is 0 Å². The minimum atomic E-state index is -0.281. The molecule has 0 heterocycles. The third-order valence-corrected chi connectivity index (χ3v) is 4.96. The van der Waals surface area contributed by atoms with Crippen LogP contribution in [0.2, 0.25) is 0 Å². The number of carbonyl (C=O) groups is 2. The smallest absolute Gasteiger partial charge is 0.311 e. The molecule has 0 radical (unpaired) electrons. The maximum absolute atomic E-state index is 12.5. The molecule has 0 aromatic heterocycles. The van der Waals surface area contributed by atoms with E-state index in [1.165, 1.54) is 0 Å². The second-order valence-electron chi connectivity index (χ2n) is 8.04. The summed E-state index contributed by atoms with van der Waals surface area (Å²) >= 11 is 3.50. The molecule has 0 aliphatic heterocycles. The van der Waals surface area contributed by atoms with E-state index in [4.69, 9.17) is 9.47 Å². The van der Waals surface area contributed by atoms with E-state index < -0.39 is 0 Å². The molecule has 4 nitrogen and oxygen atoms in total. The normalized spacial score (nSPS) is 11.4. The Morgan fingerprint density at radius 1 is 0.759 bits per heavy atom. The summed E-state index contributed by atoms with van der Waals surface area (Å²) in [6.45, 7) is 7.91. The quantitative estimate of drug-likeness (QED) is 0.236. The Morgan fingerprint density at radius 3 is 1.69 bits per heavy atom. The minimum Gasteiger partial charge on any atom is -0.425 e. The second kappa shape index (κ2) is 8.95. The fraction of sp³-hybridized carbons (Fsp3) is 0.333. The maximum Gasteiger partial charge on any atom is 0.311 e. The number of halogens is 1. The van der Waals surface area contributed by atoms with Crippen LogP contribution in [-0.4, -0.2) is 11.9 Å². The summed E-state index contributed by atoms with van der Waals surface area (Å²) in [5.41, 5.74) is 0. The lowest BCUT2D eigenvalue weighted by Gasteiger charge is -2.17. The molecular formula is C24H25BrO4. The monoisotopic (exact) mass is 456 g/mol. The highest BCUT2D eigenvalue weighted by Crippen LogP contribution is 2.44. The molecule has 0 bridgehead atoms. The summed E-state index contributed by atoms with van der Waals surface area (Å²) in [7, 11) is 0. The number of hydrogen-bond donors (Lipinski definition) is 0. The maximum atomic E-state index is 12.5. The number of carbonyl (C=O) groups excluding carboxylic acids is 2. The van der Waals surface area contributed by atoms with Crippen LogP contribution in [0.5, 0.6) is 11.5 Å². The van der Waals surface area contributed by atoms with Gasteiger partial charge in [0.25, 0.3) is 0 Å². The summed E-state index contributed by atoms with van der Waals surface area (Å²) in [6.07, 6.45) is 0.659. The first-order valence-corrected chi connectivity index (χ1v) is 10.6. The van der Waals surface area contributed by atoms with Crippen molar-refractivity contribution in [3.05, 3.63) is 46.9 Å². The van der Waals surface area contributed by atoms with Gasteiger partial charge in [-0.25, -0.2) is 0 Å². The van der Waals surface area contributed by atoms with Gasteiger partial charge >= 0.3 is 11.9 Å². The molecule has 0 saturated heterocycles. The number of esters is 2. The first-order chi connectivity index (χ1) is 13.8. The molecule has 0 unspecified atom stereocenters. The molecule has 0 spiro atoms. The van der Waals surface area contributed by atoms with Gasteiger partial charge in [0.05, 0.1) is 0 Å². The van der Waals surface area contributed by atoms with Gasteiger partial charge in [-0.3, -0.25) is 9.59 Å². The van der Waals surface area contributed by atoms with Crippen LogP contribution in [0.15, 0.2) is 46.9 Å². The van der Waals surface area contributed by atoms with E-state index in [9.17, 15) is 9.59 Å². The molecule has 0 fully saturated rings. The third-order valence-electron chi connectivity index (χ3n) is 4.47. The van der Waals surface area contributed by atoms with Crippen molar-refractivity contribution >= 4 is 49.4 Å². The number of benzene rings is 3. The zero-order valence-electron chi connectivity index (χ0n) is 17.1. The first-order valence-electron chi connectivity index (χ1n) is 9.81. The van der Waals surface area contributed by atoms with Crippen molar-refractivity contribution in [2.24, 2.45) is 11.8 Å². The molecule has 0 aliphatic rings. The predicted octanol–water partition coefficient (Wildman–Crippen LogP) is 6.66. The Bertz CT molecular complexity index is 1070. The fourth-order valence-electron chi connectivity index (χ4n) is 3.27. The van der Waals surface area contributed by atoms with Gasteiger partial charge in [-0.1, -0.05) is 67.9 Å². The second-order valence-corrected chi connectivity index (χ2v) is 8.95. The van der Waals surface area contributed by atoms with E-state index in [2.05, 4.69) is 15.9 Å². The average Bonchev–Trinajstić information content (AvgIpc) is 2.63. The van der Waals surface area contributed by atoms with E-state index in [0.717, 1.165) is 26.0 Å². The molecule has 3 rings (SSSR count). The Morgan fingerprint density at radius 2 is 1.21 bits per heavy atom. The van der Waals surface area contributed by atoms with Crippen molar-refractivity contribution in [3.8, 4) is 11.5 Å². The molecule has 152 valence electrons. The summed E-state index contributed by atoms with van der Waals surface area (Å²) in [4.78, 5) is 24.9. The van der Waals surface area contributed by atoms with Gasteiger partial charge < -0.3 is 9.47 Å². The van der Waals surface area contributed by atoms with E-state index >= 15 is 0 Å². The molecule has 3 aromatic rings. The zero-order chi connectivity index (χ0) is 21.1. The van der Waals surface area contributed by atoms with E-state index in [0.29, 0.717) is 24.3 Å². The van der Waals surface area contributed by atoms with Crippen LogP contribution in [-0.2, 0) is 9.59 Å². The fourth-order valence-corrected chi connectivity index (χ4v) is 3.63. The van der Waals surface area contributed by atoms with Crippen molar-refractivity contribution in [2.75, 3.05) is 0 Å². The van der Waals surface area contributed by atoms with Crippen molar-refractivity contribution in [1.82, 2.24) is 0 Å². The van der Waals surface area contributed by atoms with Crippen LogP contribution in [0.25, 0.3) is 21.5 Å². The SMILES string of the molecule is CC(C)CC(=O)Oc1c2ccccc2c(OC(=O)CC(C)C)c2cc(Br)ccc12. The highest BCUT2D eigenvalue weighted by atomic mass is 79.9. The third kappa shape index (κ3) is 4.96. The van der Waals surface area contributed by atoms with Crippen molar-refractivity contribution in [2.45, 2.75) is 40.5 Å². The number of rotatable bonds is 6. The molecule has 5 heteroatoms. The topological polar surface area (TPSA) is 52.6 Å². The van der Waals surface area contributed by atoms with Crippen LogP contribution in [0.4, 0.5) is 0 Å². The molecule has 0 N–H and O–H groups in total. The minimum absolute atomic E-state index is 0.197. The first kappa shape index (κ1) is 21.3. The van der Waals surface area contributed by atoms with Crippen LogP contribution >= 0.6 is 15.9 Å². The number of hydrogen-bond acceptors (Lipinski definition) is 4. The predicted molar refractivity (Wildman–Crippen MR) is 119 cm³/mol. The Kier molecular flexibility index (Phi) is 6.58. The van der Waals surface area contributed by atoms with Gasteiger partial charge in [-0.15, -0.1) is 0 Å². The van der Waals surface area contributed by atoms with Gasteiger partial charge in [-0.2, -0.15) is 0 Å². The molecular weight excluding hydrogens is 432 g/mol. The summed E-state index contributed by atoms with van der Waals surface area (Å²) in [5, 5.41) is 2.94. The van der Waals surface area contributed by atoms with Crippen LogP contribution in [0.1, 0.15) is 40.5 Å². The number of ether oxygens (including phenoxy) is 2. The summed E-state index contributed by atoms with van der Waals surface area (Å²) in [5.74, 6) is 0.826.